The highest BCUT2D eigenvalue weighted by Gasteiger charge is 2.29. The smallest absolute Gasteiger partial charge is 0.229 e. The fourth-order valence-electron chi connectivity index (χ4n) is 8.58. The largest absolute Gasteiger partial charge is 0.369 e. The van der Waals surface area contributed by atoms with Crippen LogP contribution in [0.1, 0.15) is 48.3 Å². The Labute approximate surface area is 334 Å². The number of nitrogens with zero attached hydrogens (tertiary/aromatic N) is 6. The number of benzene rings is 3. The van der Waals surface area contributed by atoms with Crippen LogP contribution in [-0.4, -0.2) is 84.4 Å². The molecule has 288 valence electrons. The number of anilines is 6. The molecule has 1 aromatic heterocycles. The summed E-state index contributed by atoms with van der Waals surface area (Å²) < 4.78 is 17.9. The fraction of sp³-hybridized carbons (Fsp3) is 0.395. The van der Waals surface area contributed by atoms with Crippen molar-refractivity contribution < 1.29 is 4.39 Å². The summed E-state index contributed by atoms with van der Waals surface area (Å²) >= 11 is 8.22. The molecule has 3 fully saturated rings. The third-order valence-electron chi connectivity index (χ3n) is 11.7. The highest BCUT2D eigenvalue weighted by Crippen LogP contribution is 2.41. The van der Waals surface area contributed by atoms with E-state index in [1.54, 1.807) is 18.1 Å². The maximum Gasteiger partial charge on any atom is 0.229 e. The highest BCUT2D eigenvalue weighted by molar-refractivity contribution is 8.00. The van der Waals surface area contributed by atoms with Gasteiger partial charge in [-0.25, -0.2) is 9.37 Å². The molecule has 3 saturated heterocycles. The standard InChI is InChI=1S/C43H51ClFN9S/c1-29-7-13-36(30(2)47-29)32-10-8-31(9-11-32)15-19-51-23-25-52(26-24-51)35-17-20-53(21-18-35)40-14-12-34(27-38(40)45)48-43-46-28-37(44)42(50-43)49-39-6-4-5-33-16-22-54(55-3)41(33)39/h4-6,8-12,14,27-28,35-36,47H,1-2,7,13,15-26H2,3H3,(H2,46,48,49,50). The van der Waals surface area contributed by atoms with Gasteiger partial charge in [-0.15, -0.1) is 0 Å². The lowest BCUT2D eigenvalue weighted by Gasteiger charge is -2.43. The number of allylic oxidation sites excluding steroid dienone is 2. The van der Waals surface area contributed by atoms with E-state index in [9.17, 15) is 0 Å². The van der Waals surface area contributed by atoms with Gasteiger partial charge in [0.25, 0.3) is 0 Å². The van der Waals surface area contributed by atoms with E-state index in [0.29, 0.717) is 40.1 Å². The second-order valence-corrected chi connectivity index (χ2v) is 16.3. The van der Waals surface area contributed by atoms with Crippen LogP contribution in [-0.2, 0) is 12.8 Å². The first-order valence-corrected chi connectivity index (χ1v) is 21.1. The third kappa shape index (κ3) is 8.60. The molecule has 8 rings (SSSR count). The molecular weight excluding hydrogens is 729 g/mol. The van der Waals surface area contributed by atoms with Crippen molar-refractivity contribution in [3.8, 4) is 0 Å². The number of hydrogen-bond acceptors (Lipinski definition) is 10. The van der Waals surface area contributed by atoms with E-state index in [1.165, 1.54) is 22.8 Å². The Morgan fingerprint density at radius 1 is 0.927 bits per heavy atom. The predicted octanol–water partition coefficient (Wildman–Crippen LogP) is 8.72. The van der Waals surface area contributed by atoms with Crippen LogP contribution < -0.4 is 25.2 Å². The van der Waals surface area contributed by atoms with Gasteiger partial charge in [0.15, 0.2) is 5.82 Å². The molecule has 1 atom stereocenters. The van der Waals surface area contributed by atoms with Crippen molar-refractivity contribution in [3.63, 3.8) is 0 Å². The average Bonchev–Trinajstić information content (AvgIpc) is 3.64. The quantitative estimate of drug-likeness (QED) is 0.129. The summed E-state index contributed by atoms with van der Waals surface area (Å²) in [5, 5.41) is 10.3. The summed E-state index contributed by atoms with van der Waals surface area (Å²) in [6.45, 7) is 16.4. The molecule has 5 heterocycles. The van der Waals surface area contributed by atoms with Crippen molar-refractivity contribution >= 4 is 58.1 Å². The Balaban J connectivity index is 0.795. The molecule has 0 radical (unpaired) electrons. The SMILES string of the molecule is C=C1CCC(c2ccc(CCN3CCN(C4CCN(c5ccc(Nc6ncc(Cl)c(Nc7cccc8c7N(SC)CC8)n6)cc5F)CC4)CC3)cc2)C(=C)N1. The lowest BCUT2D eigenvalue weighted by molar-refractivity contribution is 0.0855. The number of piperidine rings is 2. The fourth-order valence-corrected chi connectivity index (χ4v) is 9.39. The van der Waals surface area contributed by atoms with Crippen LogP contribution >= 0.6 is 23.5 Å². The Kier molecular flexibility index (Phi) is 11.5. The van der Waals surface area contributed by atoms with Crippen molar-refractivity contribution in [2.75, 3.05) is 78.5 Å². The predicted molar refractivity (Wildman–Crippen MR) is 228 cm³/mol. The summed E-state index contributed by atoms with van der Waals surface area (Å²) in [5.41, 5.74) is 9.47. The van der Waals surface area contributed by atoms with E-state index < -0.39 is 0 Å². The van der Waals surface area contributed by atoms with Crippen LogP contribution in [0.4, 0.5) is 38.9 Å². The van der Waals surface area contributed by atoms with Crippen LogP contribution in [0.25, 0.3) is 0 Å². The maximum atomic E-state index is 15.6. The number of para-hydroxylation sites is 1. The maximum absolute atomic E-state index is 15.6. The normalized spacial score (nSPS) is 19.7. The molecule has 3 N–H and O–H groups in total. The summed E-state index contributed by atoms with van der Waals surface area (Å²) in [6, 6.07) is 21.2. The van der Waals surface area contributed by atoms with Gasteiger partial charge in [-0.05, 0) is 79.5 Å². The molecule has 0 spiro atoms. The second kappa shape index (κ2) is 16.8. The Morgan fingerprint density at radius 2 is 1.73 bits per heavy atom. The van der Waals surface area contributed by atoms with Crippen LogP contribution in [0.2, 0.25) is 5.02 Å². The van der Waals surface area contributed by atoms with E-state index in [0.717, 1.165) is 114 Å². The molecule has 0 saturated carbocycles. The molecule has 0 bridgehead atoms. The average molecular weight is 780 g/mol. The van der Waals surface area contributed by atoms with Gasteiger partial charge in [0.1, 0.15) is 10.8 Å². The number of aromatic nitrogens is 2. The Hall–Kier alpha value is -4.29. The summed E-state index contributed by atoms with van der Waals surface area (Å²) in [5.74, 6) is 0.952. The van der Waals surface area contributed by atoms with Crippen LogP contribution in [0, 0.1) is 5.82 Å². The monoisotopic (exact) mass is 779 g/mol. The van der Waals surface area contributed by atoms with Crippen molar-refractivity contribution in [2.24, 2.45) is 0 Å². The van der Waals surface area contributed by atoms with Gasteiger partial charge in [-0.2, -0.15) is 4.98 Å². The Morgan fingerprint density at radius 3 is 2.47 bits per heavy atom. The van der Waals surface area contributed by atoms with Gasteiger partial charge in [-0.3, -0.25) is 4.90 Å². The van der Waals surface area contributed by atoms with Crippen LogP contribution in [0.3, 0.4) is 0 Å². The number of hydrogen-bond donors (Lipinski definition) is 3. The zero-order chi connectivity index (χ0) is 37.9. The molecule has 1 unspecified atom stereocenters. The molecule has 3 aromatic carbocycles. The van der Waals surface area contributed by atoms with Crippen molar-refractivity contribution in [2.45, 2.75) is 50.5 Å². The minimum atomic E-state index is -0.251. The third-order valence-corrected chi connectivity index (χ3v) is 12.8. The van der Waals surface area contributed by atoms with Crippen molar-refractivity contribution in [1.29, 1.82) is 0 Å². The molecule has 4 aliphatic heterocycles. The molecule has 0 aliphatic carbocycles. The number of nitrogens with one attached hydrogen (secondary N) is 3. The molecule has 12 heteroatoms. The summed E-state index contributed by atoms with van der Waals surface area (Å²) in [7, 11) is 0. The number of piperazine rings is 1. The zero-order valence-electron chi connectivity index (χ0n) is 31.7. The number of halogens is 2. The van der Waals surface area contributed by atoms with E-state index in [2.05, 4.69) is 94.7 Å². The van der Waals surface area contributed by atoms with Gasteiger partial charge in [0.2, 0.25) is 5.95 Å². The second-order valence-electron chi connectivity index (χ2n) is 15.1. The number of rotatable bonds is 11. The van der Waals surface area contributed by atoms with E-state index in [1.807, 2.05) is 24.3 Å². The molecule has 9 nitrogen and oxygen atoms in total. The topological polar surface area (TPSA) is 74.8 Å². The summed E-state index contributed by atoms with van der Waals surface area (Å²) in [6.07, 6.45) is 9.86. The van der Waals surface area contributed by atoms with Gasteiger partial charge >= 0.3 is 0 Å². The lowest BCUT2D eigenvalue weighted by Crippen LogP contribution is -2.53. The van der Waals surface area contributed by atoms with Gasteiger partial charge in [-0.1, -0.05) is 73.1 Å². The molecule has 4 aliphatic rings. The Bertz CT molecular complexity index is 2010. The van der Waals surface area contributed by atoms with Crippen molar-refractivity contribution in [1.82, 2.24) is 25.1 Å². The minimum Gasteiger partial charge on any atom is -0.369 e. The molecule has 4 aromatic rings. The van der Waals surface area contributed by atoms with E-state index in [-0.39, 0.29) is 5.82 Å². The van der Waals surface area contributed by atoms with Gasteiger partial charge in [0.05, 0.1) is 23.3 Å². The molecule has 55 heavy (non-hydrogen) atoms. The van der Waals surface area contributed by atoms with Gasteiger partial charge < -0.3 is 30.1 Å². The number of fused-ring (bicyclic) bond motifs is 1. The van der Waals surface area contributed by atoms with Gasteiger partial charge in [0, 0.05) is 87.7 Å². The zero-order valence-corrected chi connectivity index (χ0v) is 33.2. The minimum absolute atomic E-state index is 0.251. The first kappa shape index (κ1) is 37.6. The van der Waals surface area contributed by atoms with Crippen LogP contribution in [0.15, 0.2) is 91.4 Å². The van der Waals surface area contributed by atoms with E-state index >= 15 is 4.39 Å². The van der Waals surface area contributed by atoms with Crippen LogP contribution in [0.5, 0.6) is 0 Å². The first-order valence-electron chi connectivity index (χ1n) is 19.5. The first-order chi connectivity index (χ1) is 26.8. The molecule has 0 amide bonds. The summed E-state index contributed by atoms with van der Waals surface area (Å²) in [4.78, 5) is 16.5. The molecular formula is C43H51ClFN9S. The highest BCUT2D eigenvalue weighted by atomic mass is 35.5. The lowest BCUT2D eigenvalue weighted by atomic mass is 9.87. The van der Waals surface area contributed by atoms with Crippen molar-refractivity contribution in [3.05, 3.63) is 119 Å². The van der Waals surface area contributed by atoms with E-state index in [4.69, 9.17) is 11.6 Å².